The van der Waals surface area contributed by atoms with Crippen LogP contribution < -0.4 is 15.4 Å². The number of hydrogen-bond donors (Lipinski definition) is 2. The highest BCUT2D eigenvalue weighted by Gasteiger charge is 2.24. The van der Waals surface area contributed by atoms with E-state index in [4.69, 9.17) is 4.74 Å². The van der Waals surface area contributed by atoms with Gasteiger partial charge in [-0.2, -0.15) is 0 Å². The minimum Gasteiger partial charge on any atom is -0.497 e. The molecule has 0 saturated carbocycles. The van der Waals surface area contributed by atoms with E-state index >= 15 is 0 Å². The third-order valence-corrected chi connectivity index (χ3v) is 5.29. The molecule has 1 aliphatic heterocycles. The van der Waals surface area contributed by atoms with Crippen molar-refractivity contribution in [2.24, 2.45) is 0 Å². The summed E-state index contributed by atoms with van der Waals surface area (Å²) in [5, 5.41) is 8.40. The van der Waals surface area contributed by atoms with Crippen molar-refractivity contribution in [1.29, 1.82) is 0 Å². The first-order valence-electron chi connectivity index (χ1n) is 9.35. The molecule has 2 amide bonds. The first-order chi connectivity index (χ1) is 14.1. The van der Waals surface area contributed by atoms with E-state index in [2.05, 4.69) is 22.2 Å². The van der Waals surface area contributed by atoms with E-state index in [0.717, 1.165) is 11.4 Å². The van der Waals surface area contributed by atoms with E-state index in [9.17, 15) is 9.59 Å². The van der Waals surface area contributed by atoms with Gasteiger partial charge in [0.25, 0.3) is 5.91 Å². The lowest BCUT2D eigenvalue weighted by atomic mass is 10.3. The molecule has 2 N–H and O–H groups in total. The molecular weight excluding hydrogens is 390 g/mol. The van der Waals surface area contributed by atoms with Gasteiger partial charge in [-0.05, 0) is 24.3 Å². The van der Waals surface area contributed by atoms with Gasteiger partial charge in [-0.15, -0.1) is 17.9 Å². The second-order valence-corrected chi connectivity index (χ2v) is 7.41. The van der Waals surface area contributed by atoms with Crippen molar-refractivity contribution in [3.05, 3.63) is 48.0 Å². The number of thiazole rings is 1. The number of carbonyl (C=O) groups is 2. The smallest absolute Gasteiger partial charge is 0.273 e. The summed E-state index contributed by atoms with van der Waals surface area (Å²) < 4.78 is 5.15. The zero-order valence-corrected chi connectivity index (χ0v) is 17.2. The van der Waals surface area contributed by atoms with Crippen LogP contribution in [0.15, 0.2) is 42.3 Å². The summed E-state index contributed by atoms with van der Waals surface area (Å²) in [7, 11) is 1.62. The Bertz CT molecular complexity index is 844. The second kappa shape index (κ2) is 10.0. The van der Waals surface area contributed by atoms with Gasteiger partial charge in [0.05, 0.1) is 13.7 Å². The van der Waals surface area contributed by atoms with E-state index in [1.807, 2.05) is 29.2 Å². The summed E-state index contributed by atoms with van der Waals surface area (Å²) in [6, 6.07) is 7.51. The molecule has 0 spiro atoms. The Morgan fingerprint density at radius 2 is 1.97 bits per heavy atom. The number of hydrogen-bond acceptors (Lipinski definition) is 7. The maximum absolute atomic E-state index is 12.7. The minimum absolute atomic E-state index is 0.0292. The van der Waals surface area contributed by atoms with E-state index in [1.54, 1.807) is 23.5 Å². The summed E-state index contributed by atoms with van der Waals surface area (Å²) in [6.07, 6.45) is 1.65. The van der Waals surface area contributed by atoms with Crippen molar-refractivity contribution < 1.29 is 14.3 Å². The number of aromatic nitrogens is 1. The number of methoxy groups -OCH3 is 1. The molecule has 1 saturated heterocycles. The molecule has 0 bridgehead atoms. The lowest BCUT2D eigenvalue weighted by molar-refractivity contribution is -0.122. The van der Waals surface area contributed by atoms with Crippen LogP contribution in [0.3, 0.4) is 0 Å². The second-order valence-electron chi connectivity index (χ2n) is 6.55. The van der Waals surface area contributed by atoms with E-state index in [0.29, 0.717) is 50.1 Å². The zero-order valence-electron chi connectivity index (χ0n) is 16.4. The first kappa shape index (κ1) is 20.8. The highest BCUT2D eigenvalue weighted by molar-refractivity contribution is 7.14. The molecule has 154 valence electrons. The van der Waals surface area contributed by atoms with Crippen molar-refractivity contribution in [1.82, 2.24) is 20.1 Å². The molecule has 1 aliphatic rings. The molecular formula is C20H25N5O3S. The molecule has 8 nitrogen and oxygen atoms in total. The lowest BCUT2D eigenvalue weighted by Gasteiger charge is -2.33. The molecule has 29 heavy (non-hydrogen) atoms. The van der Waals surface area contributed by atoms with Gasteiger partial charge >= 0.3 is 0 Å². The summed E-state index contributed by atoms with van der Waals surface area (Å²) >= 11 is 1.39. The maximum Gasteiger partial charge on any atom is 0.273 e. The SMILES string of the molecule is C=CCNC(=O)CN1CCN(C(=O)c2csc(Nc3ccc(OC)cc3)n2)CC1. The average molecular weight is 416 g/mol. The quantitative estimate of drug-likeness (QED) is 0.641. The van der Waals surface area contributed by atoms with E-state index in [-0.39, 0.29) is 11.8 Å². The standard InChI is InChI=1S/C20H25N5O3S/c1-3-8-21-18(26)13-24-9-11-25(12-10-24)19(27)17-14-29-20(23-17)22-15-4-6-16(28-2)7-5-15/h3-7,14H,1,8-13H2,2H3,(H,21,26)(H,22,23). The lowest BCUT2D eigenvalue weighted by Crippen LogP contribution is -2.51. The third kappa shape index (κ3) is 5.78. The first-order valence-corrected chi connectivity index (χ1v) is 10.2. The molecule has 0 unspecified atom stereocenters. The number of nitrogens with zero attached hydrogens (tertiary/aromatic N) is 3. The fourth-order valence-corrected chi connectivity index (χ4v) is 3.65. The van der Waals surface area contributed by atoms with E-state index in [1.165, 1.54) is 11.3 Å². The highest BCUT2D eigenvalue weighted by Crippen LogP contribution is 2.23. The van der Waals surface area contributed by atoms with Gasteiger partial charge in [-0.3, -0.25) is 14.5 Å². The number of rotatable bonds is 8. The number of anilines is 2. The Hall–Kier alpha value is -2.91. The van der Waals surface area contributed by atoms with Gasteiger partial charge in [-0.25, -0.2) is 4.98 Å². The number of amides is 2. The number of nitrogens with one attached hydrogen (secondary N) is 2. The van der Waals surface area contributed by atoms with Crippen molar-refractivity contribution in [3.63, 3.8) is 0 Å². The Labute approximate surface area is 174 Å². The maximum atomic E-state index is 12.7. The molecule has 2 heterocycles. The van der Waals surface area contributed by atoms with Gasteiger partial charge in [0, 0.05) is 43.8 Å². The minimum atomic E-state index is -0.0835. The topological polar surface area (TPSA) is 86.8 Å². The van der Waals surface area contributed by atoms with Crippen LogP contribution in [-0.2, 0) is 4.79 Å². The molecule has 0 aliphatic carbocycles. The molecule has 1 aromatic carbocycles. The monoisotopic (exact) mass is 415 g/mol. The van der Waals surface area contributed by atoms with Crippen LogP contribution in [0.4, 0.5) is 10.8 Å². The van der Waals surface area contributed by atoms with Crippen LogP contribution in [0.2, 0.25) is 0 Å². The van der Waals surface area contributed by atoms with Crippen molar-refractivity contribution in [2.75, 3.05) is 51.7 Å². The number of piperazine rings is 1. The van der Waals surface area contributed by atoms with Crippen LogP contribution in [0.5, 0.6) is 5.75 Å². The van der Waals surface area contributed by atoms with E-state index < -0.39 is 0 Å². The van der Waals surface area contributed by atoms with Crippen LogP contribution in [0, 0.1) is 0 Å². The van der Waals surface area contributed by atoms with Crippen LogP contribution in [-0.4, -0.2) is 73.0 Å². The molecule has 1 fully saturated rings. The number of benzene rings is 1. The van der Waals surface area contributed by atoms with Crippen molar-refractivity contribution >= 4 is 34.0 Å². The van der Waals surface area contributed by atoms with Crippen molar-refractivity contribution in [2.45, 2.75) is 0 Å². The van der Waals surface area contributed by atoms with Crippen LogP contribution >= 0.6 is 11.3 Å². The van der Waals surface area contributed by atoms with Crippen LogP contribution in [0.25, 0.3) is 0 Å². The summed E-state index contributed by atoms with van der Waals surface area (Å²) in [4.78, 5) is 32.8. The largest absolute Gasteiger partial charge is 0.497 e. The zero-order chi connectivity index (χ0) is 20.6. The Balaban J connectivity index is 1.50. The Morgan fingerprint density at radius 3 is 2.62 bits per heavy atom. The fourth-order valence-electron chi connectivity index (χ4n) is 2.94. The number of carbonyl (C=O) groups excluding carboxylic acids is 2. The van der Waals surface area contributed by atoms with Gasteiger partial charge in [0.2, 0.25) is 5.91 Å². The average Bonchev–Trinajstić information content (AvgIpc) is 3.21. The summed E-state index contributed by atoms with van der Waals surface area (Å²) in [5.41, 5.74) is 1.31. The predicted molar refractivity (Wildman–Crippen MR) is 114 cm³/mol. The molecule has 9 heteroatoms. The summed E-state index contributed by atoms with van der Waals surface area (Å²) in [6.45, 7) is 6.86. The van der Waals surface area contributed by atoms with Gasteiger partial charge < -0.3 is 20.3 Å². The Morgan fingerprint density at radius 1 is 1.24 bits per heavy atom. The normalized spacial score (nSPS) is 14.3. The molecule has 3 rings (SSSR count). The molecule has 0 atom stereocenters. The third-order valence-electron chi connectivity index (χ3n) is 4.53. The van der Waals surface area contributed by atoms with Gasteiger partial charge in [0.1, 0.15) is 11.4 Å². The van der Waals surface area contributed by atoms with Crippen molar-refractivity contribution in [3.8, 4) is 5.75 Å². The van der Waals surface area contributed by atoms with Gasteiger partial charge in [-0.1, -0.05) is 6.08 Å². The van der Waals surface area contributed by atoms with Crippen LogP contribution in [0.1, 0.15) is 10.5 Å². The Kier molecular flexibility index (Phi) is 7.20. The molecule has 0 radical (unpaired) electrons. The molecule has 2 aromatic rings. The highest BCUT2D eigenvalue weighted by atomic mass is 32.1. The molecule has 1 aromatic heterocycles. The fraction of sp³-hybridized carbons (Fsp3) is 0.350. The van der Waals surface area contributed by atoms with Gasteiger partial charge in [0.15, 0.2) is 5.13 Å². The number of ether oxygens (including phenoxy) is 1. The predicted octanol–water partition coefficient (Wildman–Crippen LogP) is 1.96. The summed E-state index contributed by atoms with van der Waals surface area (Å²) in [5.74, 6) is 0.668.